The number of aromatic nitrogens is 2. The highest BCUT2D eigenvalue weighted by atomic mass is 79.9. The van der Waals surface area contributed by atoms with Gasteiger partial charge in [-0.25, -0.2) is 4.98 Å². The first-order valence-electron chi connectivity index (χ1n) is 3.10. The van der Waals surface area contributed by atoms with Crippen molar-refractivity contribution in [2.45, 2.75) is 0 Å². The predicted molar refractivity (Wildman–Crippen MR) is 49.1 cm³/mol. The molecule has 56 valence electrons. The maximum atomic E-state index is 3.96. The first-order valence-corrected chi connectivity index (χ1v) is 4.71. The van der Waals surface area contributed by atoms with Crippen LogP contribution in [-0.4, -0.2) is 9.55 Å². The Bertz CT molecular complexity index is 339. The lowest BCUT2D eigenvalue weighted by Crippen LogP contribution is -1.82. The Morgan fingerprint density at radius 1 is 1.45 bits per heavy atom. The van der Waals surface area contributed by atoms with Gasteiger partial charge in [-0.2, -0.15) is 0 Å². The van der Waals surface area contributed by atoms with Gasteiger partial charge in [-0.1, -0.05) is 0 Å². The highest BCUT2D eigenvalue weighted by Gasteiger charge is 1.97. The van der Waals surface area contributed by atoms with E-state index in [1.165, 1.54) is 5.00 Å². The molecule has 2 aromatic heterocycles. The third kappa shape index (κ3) is 1.36. The summed E-state index contributed by atoms with van der Waals surface area (Å²) in [5.41, 5.74) is 0. The van der Waals surface area contributed by atoms with Gasteiger partial charge in [-0.15, -0.1) is 11.3 Å². The lowest BCUT2D eigenvalue weighted by atomic mass is 10.6. The molecule has 0 aliphatic carbocycles. The fourth-order valence-corrected chi connectivity index (χ4v) is 2.15. The second-order valence-electron chi connectivity index (χ2n) is 2.05. The van der Waals surface area contributed by atoms with E-state index in [1.54, 1.807) is 23.9 Å². The van der Waals surface area contributed by atoms with Crippen LogP contribution < -0.4 is 0 Å². The lowest BCUT2D eigenvalue weighted by Gasteiger charge is -1.92. The third-order valence-electron chi connectivity index (χ3n) is 1.32. The molecule has 0 saturated heterocycles. The molecule has 0 aliphatic heterocycles. The zero-order chi connectivity index (χ0) is 7.68. The van der Waals surface area contributed by atoms with Crippen LogP contribution in [0.5, 0.6) is 0 Å². The molecule has 2 rings (SSSR count). The second kappa shape index (κ2) is 2.79. The molecule has 0 N–H and O–H groups in total. The van der Waals surface area contributed by atoms with E-state index in [0.717, 1.165) is 3.79 Å². The van der Waals surface area contributed by atoms with Gasteiger partial charge in [0.15, 0.2) is 0 Å². The Balaban J connectivity index is 2.45. The molecule has 0 spiro atoms. The molecule has 0 bridgehead atoms. The Hall–Kier alpha value is -0.610. The van der Waals surface area contributed by atoms with E-state index < -0.39 is 0 Å². The van der Waals surface area contributed by atoms with Crippen LogP contribution in [-0.2, 0) is 0 Å². The van der Waals surface area contributed by atoms with E-state index in [9.17, 15) is 0 Å². The van der Waals surface area contributed by atoms with E-state index in [2.05, 4.69) is 27.0 Å². The minimum Gasteiger partial charge on any atom is -0.297 e. The predicted octanol–water partition coefficient (Wildman–Crippen LogP) is 2.70. The van der Waals surface area contributed by atoms with E-state index in [0.29, 0.717) is 0 Å². The van der Waals surface area contributed by atoms with Crippen molar-refractivity contribution in [3.63, 3.8) is 0 Å². The fourth-order valence-electron chi connectivity index (χ4n) is 0.833. The maximum absolute atomic E-state index is 3.96. The van der Waals surface area contributed by atoms with Crippen molar-refractivity contribution in [3.8, 4) is 5.00 Å². The van der Waals surface area contributed by atoms with Crippen molar-refractivity contribution in [1.82, 2.24) is 9.55 Å². The smallest absolute Gasteiger partial charge is 0.101 e. The van der Waals surface area contributed by atoms with Crippen molar-refractivity contribution < 1.29 is 0 Å². The minimum absolute atomic E-state index is 1.14. The van der Waals surface area contributed by atoms with Gasteiger partial charge in [0, 0.05) is 12.4 Å². The van der Waals surface area contributed by atoms with Gasteiger partial charge in [0.25, 0.3) is 0 Å². The normalized spacial score (nSPS) is 10.3. The van der Waals surface area contributed by atoms with Crippen molar-refractivity contribution in [1.29, 1.82) is 0 Å². The standard InChI is InChI=1S/C7H5BrN2S/c8-6-1-2-7(11-6)10-4-3-9-5-10/h1-5H. The summed E-state index contributed by atoms with van der Waals surface area (Å²) in [6.45, 7) is 0. The van der Waals surface area contributed by atoms with E-state index in [4.69, 9.17) is 0 Å². The highest BCUT2D eigenvalue weighted by Crippen LogP contribution is 2.24. The van der Waals surface area contributed by atoms with Gasteiger partial charge >= 0.3 is 0 Å². The Kier molecular flexibility index (Phi) is 1.79. The molecule has 2 aromatic rings. The molecule has 0 amide bonds. The molecule has 4 heteroatoms. The number of rotatable bonds is 1. The zero-order valence-corrected chi connectivity index (χ0v) is 7.97. The molecule has 0 saturated carbocycles. The van der Waals surface area contributed by atoms with Crippen molar-refractivity contribution >= 4 is 27.3 Å². The van der Waals surface area contributed by atoms with Crippen LogP contribution in [0.15, 0.2) is 34.6 Å². The molecular weight excluding hydrogens is 224 g/mol. The van der Waals surface area contributed by atoms with E-state index >= 15 is 0 Å². The van der Waals surface area contributed by atoms with Crippen LogP contribution in [0.25, 0.3) is 5.00 Å². The van der Waals surface area contributed by atoms with Crippen LogP contribution >= 0.6 is 27.3 Å². The fraction of sp³-hybridized carbons (Fsp3) is 0. The SMILES string of the molecule is Brc1ccc(-n2ccnc2)s1. The highest BCUT2D eigenvalue weighted by molar-refractivity contribution is 9.11. The summed E-state index contributed by atoms with van der Waals surface area (Å²) in [6, 6.07) is 4.08. The van der Waals surface area contributed by atoms with Crippen molar-refractivity contribution in [2.24, 2.45) is 0 Å². The Morgan fingerprint density at radius 3 is 2.91 bits per heavy atom. The molecule has 0 atom stereocenters. The van der Waals surface area contributed by atoms with Gasteiger partial charge in [0.2, 0.25) is 0 Å². The summed E-state index contributed by atoms with van der Waals surface area (Å²) < 4.78 is 3.12. The number of imidazole rings is 1. The van der Waals surface area contributed by atoms with Crippen molar-refractivity contribution in [3.05, 3.63) is 34.6 Å². The summed E-state index contributed by atoms with van der Waals surface area (Å²) in [5, 5.41) is 1.18. The molecule has 0 aromatic carbocycles. The topological polar surface area (TPSA) is 17.8 Å². The first kappa shape index (κ1) is 7.06. The lowest BCUT2D eigenvalue weighted by molar-refractivity contribution is 1.09. The number of hydrogen-bond donors (Lipinski definition) is 0. The first-order chi connectivity index (χ1) is 5.36. The summed E-state index contributed by atoms with van der Waals surface area (Å²) in [4.78, 5) is 3.96. The van der Waals surface area contributed by atoms with Gasteiger partial charge in [0.1, 0.15) is 5.00 Å². The van der Waals surface area contributed by atoms with Crippen LogP contribution in [0, 0.1) is 0 Å². The molecular formula is C7H5BrN2S. The largest absolute Gasteiger partial charge is 0.297 e. The Morgan fingerprint density at radius 2 is 2.36 bits per heavy atom. The average Bonchev–Trinajstić information content (AvgIpc) is 2.55. The second-order valence-corrected chi connectivity index (χ2v) is 4.49. The third-order valence-corrected chi connectivity index (χ3v) is 2.95. The molecule has 2 heterocycles. The maximum Gasteiger partial charge on any atom is 0.101 e. The summed E-state index contributed by atoms with van der Waals surface area (Å²) in [6.07, 6.45) is 5.49. The van der Waals surface area contributed by atoms with Gasteiger partial charge < -0.3 is 0 Å². The molecule has 0 aliphatic rings. The van der Waals surface area contributed by atoms with Crippen LogP contribution in [0.1, 0.15) is 0 Å². The van der Waals surface area contributed by atoms with E-state index in [-0.39, 0.29) is 0 Å². The number of nitrogens with zero attached hydrogens (tertiary/aromatic N) is 2. The number of halogens is 1. The Labute approximate surface area is 76.6 Å². The number of hydrogen-bond acceptors (Lipinski definition) is 2. The van der Waals surface area contributed by atoms with Gasteiger partial charge in [0.05, 0.1) is 10.1 Å². The number of thiophene rings is 1. The molecule has 0 unspecified atom stereocenters. The summed E-state index contributed by atoms with van der Waals surface area (Å²) in [5.74, 6) is 0. The van der Waals surface area contributed by atoms with Crippen LogP contribution in [0.2, 0.25) is 0 Å². The minimum atomic E-state index is 1.14. The molecule has 0 fully saturated rings. The molecule has 11 heavy (non-hydrogen) atoms. The monoisotopic (exact) mass is 228 g/mol. The quantitative estimate of drug-likeness (QED) is 0.735. The van der Waals surface area contributed by atoms with E-state index in [1.807, 2.05) is 16.8 Å². The molecule has 0 radical (unpaired) electrons. The van der Waals surface area contributed by atoms with Gasteiger partial charge in [-0.05, 0) is 28.1 Å². The van der Waals surface area contributed by atoms with Crippen LogP contribution in [0.4, 0.5) is 0 Å². The summed E-state index contributed by atoms with van der Waals surface area (Å²) in [7, 11) is 0. The molecule has 2 nitrogen and oxygen atoms in total. The van der Waals surface area contributed by atoms with Crippen molar-refractivity contribution in [2.75, 3.05) is 0 Å². The summed E-state index contributed by atoms with van der Waals surface area (Å²) >= 11 is 5.09. The van der Waals surface area contributed by atoms with Crippen LogP contribution in [0.3, 0.4) is 0 Å². The zero-order valence-electron chi connectivity index (χ0n) is 5.57. The average molecular weight is 229 g/mol. The van der Waals surface area contributed by atoms with Gasteiger partial charge in [-0.3, -0.25) is 4.57 Å².